The van der Waals surface area contributed by atoms with Gasteiger partial charge in [-0.3, -0.25) is 9.69 Å². The highest BCUT2D eigenvalue weighted by Crippen LogP contribution is 2.16. The lowest BCUT2D eigenvalue weighted by Crippen LogP contribution is -2.41. The molecule has 2 aromatic rings. The molecule has 1 aromatic heterocycles. The average molecular weight is 355 g/mol. The van der Waals surface area contributed by atoms with Gasteiger partial charge in [-0.25, -0.2) is 9.97 Å². The number of morpholine rings is 1. The third kappa shape index (κ3) is 5.24. The van der Waals surface area contributed by atoms with E-state index in [-0.39, 0.29) is 11.9 Å². The fourth-order valence-corrected chi connectivity index (χ4v) is 2.82. The summed E-state index contributed by atoms with van der Waals surface area (Å²) in [5, 5.41) is 6.16. The summed E-state index contributed by atoms with van der Waals surface area (Å²) in [5.74, 6) is 0.262. The Hall–Kier alpha value is -2.51. The monoisotopic (exact) mass is 355 g/mol. The second-order valence-corrected chi connectivity index (χ2v) is 6.25. The molecule has 0 radical (unpaired) electrons. The van der Waals surface area contributed by atoms with Crippen LogP contribution in [0.5, 0.6) is 0 Å². The van der Waals surface area contributed by atoms with Gasteiger partial charge in [0.1, 0.15) is 5.69 Å². The molecule has 3 rings (SSSR count). The van der Waals surface area contributed by atoms with Crippen LogP contribution in [0.15, 0.2) is 42.6 Å². The summed E-state index contributed by atoms with van der Waals surface area (Å²) < 4.78 is 5.32. The van der Waals surface area contributed by atoms with Crippen LogP contribution in [0.2, 0.25) is 0 Å². The number of nitrogens with one attached hydrogen (secondary N) is 2. The Balaban J connectivity index is 1.52. The summed E-state index contributed by atoms with van der Waals surface area (Å²) >= 11 is 0. The van der Waals surface area contributed by atoms with Gasteiger partial charge in [0.15, 0.2) is 0 Å². The molecule has 0 spiro atoms. The Kier molecular flexibility index (Phi) is 6.51. The van der Waals surface area contributed by atoms with Crippen LogP contribution in [0.4, 0.5) is 5.95 Å². The number of aromatic nitrogens is 2. The number of carbonyl (C=O) groups is 1. The first-order chi connectivity index (χ1) is 12.7. The lowest BCUT2D eigenvalue weighted by molar-refractivity contribution is 0.0383. The largest absolute Gasteiger partial charge is 0.379 e. The van der Waals surface area contributed by atoms with E-state index in [4.69, 9.17) is 4.74 Å². The van der Waals surface area contributed by atoms with Gasteiger partial charge in [-0.05, 0) is 18.6 Å². The summed E-state index contributed by atoms with van der Waals surface area (Å²) in [6.07, 6.45) is 1.60. The van der Waals surface area contributed by atoms with Crippen molar-refractivity contribution in [1.82, 2.24) is 20.2 Å². The predicted octanol–water partition coefficient (Wildman–Crippen LogP) is 1.71. The Labute approximate surface area is 153 Å². The zero-order chi connectivity index (χ0) is 18.2. The fourth-order valence-electron chi connectivity index (χ4n) is 2.82. The van der Waals surface area contributed by atoms with E-state index in [1.54, 1.807) is 12.3 Å². The summed E-state index contributed by atoms with van der Waals surface area (Å²) in [5.41, 5.74) is 1.50. The second kappa shape index (κ2) is 9.26. The number of nitrogens with zero attached hydrogens (tertiary/aromatic N) is 3. The number of hydrogen-bond acceptors (Lipinski definition) is 6. The fraction of sp³-hybridized carbons (Fsp3) is 0.421. The van der Waals surface area contributed by atoms with E-state index in [1.165, 1.54) is 0 Å². The summed E-state index contributed by atoms with van der Waals surface area (Å²) in [6, 6.07) is 11.7. The number of anilines is 1. The topological polar surface area (TPSA) is 79.4 Å². The molecule has 0 aliphatic carbocycles. The van der Waals surface area contributed by atoms with E-state index < -0.39 is 0 Å². The van der Waals surface area contributed by atoms with Crippen LogP contribution in [0.3, 0.4) is 0 Å². The highest BCUT2D eigenvalue weighted by molar-refractivity contribution is 5.92. The first-order valence-corrected chi connectivity index (χ1v) is 8.95. The first kappa shape index (κ1) is 18.3. The molecular weight excluding hydrogens is 330 g/mol. The van der Waals surface area contributed by atoms with Crippen molar-refractivity contribution in [3.05, 3.63) is 53.9 Å². The molecule has 1 aliphatic rings. The average Bonchev–Trinajstić information content (AvgIpc) is 2.69. The van der Waals surface area contributed by atoms with Gasteiger partial charge >= 0.3 is 0 Å². The summed E-state index contributed by atoms with van der Waals surface area (Å²) in [7, 11) is 0. The van der Waals surface area contributed by atoms with Crippen molar-refractivity contribution in [2.45, 2.75) is 13.0 Å². The van der Waals surface area contributed by atoms with Gasteiger partial charge in [0, 0.05) is 32.4 Å². The van der Waals surface area contributed by atoms with E-state index in [9.17, 15) is 4.79 Å². The van der Waals surface area contributed by atoms with Gasteiger partial charge in [-0.15, -0.1) is 0 Å². The van der Waals surface area contributed by atoms with Crippen LogP contribution in [0.25, 0.3) is 0 Å². The van der Waals surface area contributed by atoms with E-state index >= 15 is 0 Å². The maximum atomic E-state index is 12.3. The van der Waals surface area contributed by atoms with E-state index in [0.29, 0.717) is 18.2 Å². The molecular formula is C19H25N5O2. The minimum absolute atomic E-state index is 0.0517. The Bertz CT molecular complexity index is 704. The molecule has 1 aromatic carbocycles. The Morgan fingerprint density at radius 3 is 2.77 bits per heavy atom. The molecule has 7 heteroatoms. The van der Waals surface area contributed by atoms with Gasteiger partial charge in [-0.1, -0.05) is 30.3 Å². The number of benzene rings is 1. The molecule has 1 aliphatic heterocycles. The number of ether oxygens (including phenoxy) is 1. The van der Waals surface area contributed by atoms with Crippen LogP contribution in [-0.2, 0) is 4.74 Å². The van der Waals surface area contributed by atoms with Crippen LogP contribution in [0.1, 0.15) is 29.0 Å². The standard InChI is InChI=1S/C19H25N5O2/c1-15(16-5-3-2-4-6-16)22-19-21-8-7-17(23-19)18(25)20-9-10-24-11-13-26-14-12-24/h2-8,15H,9-14H2,1H3,(H,20,25)(H,21,22,23). The molecule has 1 saturated heterocycles. The minimum Gasteiger partial charge on any atom is -0.379 e. The van der Waals surface area contributed by atoms with Gasteiger partial charge in [0.2, 0.25) is 5.95 Å². The summed E-state index contributed by atoms with van der Waals surface area (Å²) in [4.78, 5) is 23.2. The predicted molar refractivity (Wildman–Crippen MR) is 100 cm³/mol. The smallest absolute Gasteiger partial charge is 0.270 e. The number of rotatable bonds is 7. The van der Waals surface area contributed by atoms with E-state index in [0.717, 1.165) is 38.4 Å². The molecule has 2 N–H and O–H groups in total. The maximum Gasteiger partial charge on any atom is 0.270 e. The van der Waals surface area contributed by atoms with Crippen molar-refractivity contribution in [3.8, 4) is 0 Å². The quantitative estimate of drug-likeness (QED) is 0.787. The van der Waals surface area contributed by atoms with Crippen molar-refractivity contribution in [1.29, 1.82) is 0 Å². The minimum atomic E-state index is -0.184. The number of amides is 1. The molecule has 1 fully saturated rings. The van der Waals surface area contributed by atoms with Crippen molar-refractivity contribution < 1.29 is 9.53 Å². The van der Waals surface area contributed by atoms with Gasteiger partial charge < -0.3 is 15.4 Å². The van der Waals surface area contributed by atoms with Crippen molar-refractivity contribution >= 4 is 11.9 Å². The van der Waals surface area contributed by atoms with E-state index in [1.807, 2.05) is 37.3 Å². The number of hydrogen-bond donors (Lipinski definition) is 2. The molecule has 2 heterocycles. The second-order valence-electron chi connectivity index (χ2n) is 6.25. The zero-order valence-electron chi connectivity index (χ0n) is 15.0. The molecule has 1 unspecified atom stereocenters. The third-order valence-corrected chi connectivity index (χ3v) is 4.35. The van der Waals surface area contributed by atoms with Gasteiger partial charge in [-0.2, -0.15) is 0 Å². The normalized spacial score (nSPS) is 16.0. The van der Waals surface area contributed by atoms with Crippen LogP contribution in [-0.4, -0.2) is 60.2 Å². The van der Waals surface area contributed by atoms with Crippen LogP contribution in [0, 0.1) is 0 Å². The highest BCUT2D eigenvalue weighted by Gasteiger charge is 2.13. The van der Waals surface area contributed by atoms with Crippen molar-refractivity contribution in [3.63, 3.8) is 0 Å². The summed E-state index contributed by atoms with van der Waals surface area (Å²) in [6.45, 7) is 6.78. The third-order valence-electron chi connectivity index (χ3n) is 4.35. The maximum absolute atomic E-state index is 12.3. The SMILES string of the molecule is CC(Nc1nccc(C(=O)NCCN2CCOCC2)n1)c1ccccc1. The molecule has 138 valence electrons. The lowest BCUT2D eigenvalue weighted by Gasteiger charge is -2.26. The molecule has 26 heavy (non-hydrogen) atoms. The highest BCUT2D eigenvalue weighted by atomic mass is 16.5. The van der Waals surface area contributed by atoms with Crippen molar-refractivity contribution in [2.24, 2.45) is 0 Å². The molecule has 7 nitrogen and oxygen atoms in total. The Morgan fingerprint density at radius 2 is 2.00 bits per heavy atom. The van der Waals surface area contributed by atoms with E-state index in [2.05, 4.69) is 25.5 Å². The van der Waals surface area contributed by atoms with Crippen LogP contribution < -0.4 is 10.6 Å². The van der Waals surface area contributed by atoms with Gasteiger partial charge in [0.05, 0.1) is 19.3 Å². The number of carbonyl (C=O) groups excluding carboxylic acids is 1. The first-order valence-electron chi connectivity index (χ1n) is 8.95. The molecule has 0 bridgehead atoms. The zero-order valence-corrected chi connectivity index (χ0v) is 15.0. The molecule has 1 atom stereocenters. The van der Waals surface area contributed by atoms with Crippen molar-refractivity contribution in [2.75, 3.05) is 44.7 Å². The molecule has 0 saturated carbocycles. The van der Waals surface area contributed by atoms with Crippen LogP contribution >= 0.6 is 0 Å². The molecule has 1 amide bonds. The Morgan fingerprint density at radius 1 is 1.23 bits per heavy atom. The van der Waals surface area contributed by atoms with Gasteiger partial charge in [0.25, 0.3) is 5.91 Å². The lowest BCUT2D eigenvalue weighted by atomic mass is 10.1.